The SMILES string of the molecule is CNCc1cc(Cl)cc(S(=O)(=O)NC2CCCC2)c1OC. The molecule has 2 N–H and O–H groups in total. The molecule has 0 atom stereocenters. The fourth-order valence-electron chi connectivity index (χ4n) is 2.70. The zero-order valence-corrected chi connectivity index (χ0v) is 13.9. The standard InChI is InChI=1S/C14H21ClN2O3S/c1-16-9-10-7-11(15)8-13(14(10)20-2)21(18,19)17-12-5-3-4-6-12/h7-8,12,16-17H,3-6,9H2,1-2H3. The fourth-order valence-corrected chi connectivity index (χ4v) is 4.55. The Morgan fingerprint density at radius 2 is 2.00 bits per heavy atom. The Bertz CT molecular complexity index is 598. The first-order valence-electron chi connectivity index (χ1n) is 7.01. The fraction of sp³-hybridized carbons (Fsp3) is 0.571. The molecule has 1 saturated carbocycles. The van der Waals surface area contributed by atoms with Gasteiger partial charge in [-0.2, -0.15) is 0 Å². The largest absolute Gasteiger partial charge is 0.495 e. The summed E-state index contributed by atoms with van der Waals surface area (Å²) in [4.78, 5) is 0.106. The second-order valence-electron chi connectivity index (χ2n) is 5.23. The predicted octanol–water partition coefficient (Wildman–Crippen LogP) is 2.29. The third kappa shape index (κ3) is 3.88. The van der Waals surface area contributed by atoms with E-state index in [1.807, 2.05) is 0 Å². The summed E-state index contributed by atoms with van der Waals surface area (Å²) in [5, 5.41) is 3.37. The Hall–Kier alpha value is -0.820. The van der Waals surface area contributed by atoms with Crippen LogP contribution in [0.4, 0.5) is 0 Å². The summed E-state index contributed by atoms with van der Waals surface area (Å²) in [6.45, 7) is 0.482. The number of ether oxygens (including phenoxy) is 1. The zero-order chi connectivity index (χ0) is 15.5. The highest BCUT2D eigenvalue weighted by atomic mass is 35.5. The molecule has 118 valence electrons. The second-order valence-corrected chi connectivity index (χ2v) is 7.35. The average molecular weight is 333 g/mol. The summed E-state index contributed by atoms with van der Waals surface area (Å²) in [6.07, 6.45) is 3.88. The molecule has 21 heavy (non-hydrogen) atoms. The molecule has 0 saturated heterocycles. The Balaban J connectivity index is 2.40. The van der Waals surface area contributed by atoms with Gasteiger partial charge in [-0.15, -0.1) is 0 Å². The van der Waals surface area contributed by atoms with Crippen molar-refractivity contribution in [3.8, 4) is 5.75 Å². The first-order valence-corrected chi connectivity index (χ1v) is 8.87. The quantitative estimate of drug-likeness (QED) is 0.838. The number of benzene rings is 1. The number of halogens is 1. The van der Waals surface area contributed by atoms with E-state index in [2.05, 4.69) is 10.0 Å². The highest BCUT2D eigenvalue weighted by Gasteiger charge is 2.27. The molecular formula is C14H21ClN2O3S. The third-order valence-electron chi connectivity index (χ3n) is 3.63. The first-order chi connectivity index (χ1) is 9.97. The van der Waals surface area contributed by atoms with Gasteiger partial charge in [0.15, 0.2) is 0 Å². The van der Waals surface area contributed by atoms with Crippen LogP contribution in [0.2, 0.25) is 5.02 Å². The number of nitrogens with one attached hydrogen (secondary N) is 2. The van der Waals surface area contributed by atoms with Crippen molar-refractivity contribution >= 4 is 21.6 Å². The van der Waals surface area contributed by atoms with E-state index in [-0.39, 0.29) is 10.9 Å². The molecule has 5 nitrogen and oxygen atoms in total. The molecule has 0 spiro atoms. The molecule has 0 radical (unpaired) electrons. The van der Waals surface area contributed by atoms with Gasteiger partial charge >= 0.3 is 0 Å². The summed E-state index contributed by atoms with van der Waals surface area (Å²) in [6, 6.07) is 3.16. The lowest BCUT2D eigenvalue weighted by Gasteiger charge is -2.17. The van der Waals surface area contributed by atoms with Crippen molar-refractivity contribution in [2.75, 3.05) is 14.2 Å². The summed E-state index contributed by atoms with van der Waals surface area (Å²) in [5.41, 5.74) is 0.722. The van der Waals surface area contributed by atoms with Crippen LogP contribution in [-0.4, -0.2) is 28.6 Å². The molecule has 1 fully saturated rings. The third-order valence-corrected chi connectivity index (χ3v) is 5.38. The van der Waals surface area contributed by atoms with Crippen molar-refractivity contribution in [3.05, 3.63) is 22.7 Å². The van der Waals surface area contributed by atoms with E-state index in [1.165, 1.54) is 13.2 Å². The van der Waals surface area contributed by atoms with E-state index in [1.54, 1.807) is 13.1 Å². The van der Waals surface area contributed by atoms with E-state index in [0.717, 1.165) is 31.2 Å². The Morgan fingerprint density at radius 1 is 1.33 bits per heavy atom. The number of hydrogen-bond donors (Lipinski definition) is 2. The van der Waals surface area contributed by atoms with Crippen LogP contribution in [0, 0.1) is 0 Å². The van der Waals surface area contributed by atoms with E-state index in [4.69, 9.17) is 16.3 Å². The van der Waals surface area contributed by atoms with Crippen LogP contribution in [0.1, 0.15) is 31.2 Å². The van der Waals surface area contributed by atoms with Crippen LogP contribution in [0.25, 0.3) is 0 Å². The molecule has 0 heterocycles. The average Bonchev–Trinajstić information content (AvgIpc) is 2.90. The Morgan fingerprint density at radius 3 is 2.57 bits per heavy atom. The van der Waals surface area contributed by atoms with Crippen molar-refractivity contribution in [1.82, 2.24) is 10.0 Å². The normalized spacial score (nSPS) is 16.3. The Labute approximate surface area is 131 Å². The van der Waals surface area contributed by atoms with E-state index < -0.39 is 10.0 Å². The lowest BCUT2D eigenvalue weighted by molar-refractivity contribution is 0.395. The summed E-state index contributed by atoms with van der Waals surface area (Å²) >= 11 is 6.06. The lowest BCUT2D eigenvalue weighted by Crippen LogP contribution is -2.33. The van der Waals surface area contributed by atoms with E-state index in [9.17, 15) is 8.42 Å². The van der Waals surface area contributed by atoms with Gasteiger partial charge in [0.2, 0.25) is 10.0 Å². The van der Waals surface area contributed by atoms with Gasteiger partial charge in [0.25, 0.3) is 0 Å². The van der Waals surface area contributed by atoms with Crippen LogP contribution in [0.3, 0.4) is 0 Å². The van der Waals surface area contributed by atoms with Gasteiger partial charge in [-0.3, -0.25) is 0 Å². The van der Waals surface area contributed by atoms with Gasteiger partial charge in [0.05, 0.1) is 7.11 Å². The molecule has 0 aromatic heterocycles. The smallest absolute Gasteiger partial charge is 0.244 e. The minimum atomic E-state index is -3.64. The van der Waals surface area contributed by atoms with Gasteiger partial charge in [-0.25, -0.2) is 13.1 Å². The highest BCUT2D eigenvalue weighted by molar-refractivity contribution is 7.89. The molecule has 1 aromatic carbocycles. The summed E-state index contributed by atoms with van der Waals surface area (Å²) in [5.74, 6) is 0.347. The van der Waals surface area contributed by atoms with Crippen molar-refractivity contribution < 1.29 is 13.2 Å². The molecule has 0 aliphatic heterocycles. The van der Waals surface area contributed by atoms with E-state index >= 15 is 0 Å². The second kappa shape index (κ2) is 6.96. The van der Waals surface area contributed by atoms with Crippen LogP contribution in [0.5, 0.6) is 5.75 Å². The number of hydrogen-bond acceptors (Lipinski definition) is 4. The summed E-state index contributed by atoms with van der Waals surface area (Å²) < 4.78 is 33.3. The number of methoxy groups -OCH3 is 1. The first kappa shape index (κ1) is 16.5. The highest BCUT2D eigenvalue weighted by Crippen LogP contribution is 2.32. The molecule has 1 aliphatic carbocycles. The molecule has 2 rings (SSSR count). The molecule has 0 unspecified atom stereocenters. The van der Waals surface area contributed by atoms with Crippen LogP contribution < -0.4 is 14.8 Å². The van der Waals surface area contributed by atoms with Crippen molar-refractivity contribution in [2.45, 2.75) is 43.2 Å². The maximum atomic E-state index is 12.6. The van der Waals surface area contributed by atoms with Crippen LogP contribution in [-0.2, 0) is 16.6 Å². The van der Waals surface area contributed by atoms with Crippen LogP contribution >= 0.6 is 11.6 Å². The Kier molecular flexibility index (Phi) is 5.48. The van der Waals surface area contributed by atoms with Crippen molar-refractivity contribution in [1.29, 1.82) is 0 Å². The molecule has 1 aromatic rings. The molecular weight excluding hydrogens is 312 g/mol. The van der Waals surface area contributed by atoms with Gasteiger partial charge in [-0.05, 0) is 32.0 Å². The van der Waals surface area contributed by atoms with E-state index in [0.29, 0.717) is 17.3 Å². The lowest BCUT2D eigenvalue weighted by atomic mass is 10.2. The molecule has 1 aliphatic rings. The molecule has 7 heteroatoms. The van der Waals surface area contributed by atoms with Gasteiger partial charge < -0.3 is 10.1 Å². The van der Waals surface area contributed by atoms with Gasteiger partial charge in [0.1, 0.15) is 10.6 Å². The number of sulfonamides is 1. The predicted molar refractivity (Wildman–Crippen MR) is 83.3 cm³/mol. The maximum absolute atomic E-state index is 12.6. The minimum absolute atomic E-state index is 0.00596. The van der Waals surface area contributed by atoms with Gasteiger partial charge in [0, 0.05) is 23.2 Å². The molecule has 0 bridgehead atoms. The van der Waals surface area contributed by atoms with Crippen molar-refractivity contribution in [3.63, 3.8) is 0 Å². The molecule has 0 amide bonds. The van der Waals surface area contributed by atoms with Gasteiger partial charge in [-0.1, -0.05) is 24.4 Å². The minimum Gasteiger partial charge on any atom is -0.495 e. The summed E-state index contributed by atoms with van der Waals surface area (Å²) in [7, 11) is -0.385. The maximum Gasteiger partial charge on any atom is 0.244 e. The number of rotatable bonds is 6. The topological polar surface area (TPSA) is 67.4 Å². The monoisotopic (exact) mass is 332 g/mol. The van der Waals surface area contributed by atoms with Crippen LogP contribution in [0.15, 0.2) is 17.0 Å². The van der Waals surface area contributed by atoms with Crippen molar-refractivity contribution in [2.24, 2.45) is 0 Å². The zero-order valence-electron chi connectivity index (χ0n) is 12.3.